The van der Waals surface area contributed by atoms with Crippen molar-refractivity contribution in [3.05, 3.63) is 0 Å². The Morgan fingerprint density at radius 1 is 1.06 bits per heavy atom. The highest BCUT2D eigenvalue weighted by molar-refractivity contribution is 7.03. The highest BCUT2D eigenvalue weighted by Crippen LogP contribution is 2.21. The minimum atomic E-state index is -1.41. The van der Waals surface area contributed by atoms with Crippen LogP contribution in [0, 0.1) is 0 Å². The fraction of sp³-hybridized carbons (Fsp3) is 1.00. The van der Waals surface area contributed by atoms with E-state index in [1.807, 2.05) is 0 Å². The smallest absolute Gasteiger partial charge is 0.274 e. The lowest BCUT2D eigenvalue weighted by molar-refractivity contribution is 0.328. The molecule has 0 heterocycles. The fourth-order valence-corrected chi connectivity index (χ4v) is 14.0. The van der Waals surface area contributed by atoms with Crippen LogP contribution in [-0.2, 0) is 4.43 Å². The van der Waals surface area contributed by atoms with Crippen LogP contribution in [0.1, 0.15) is 19.8 Å². The van der Waals surface area contributed by atoms with E-state index < -0.39 is 24.8 Å². The molecule has 1 atom stereocenters. The lowest BCUT2D eigenvalue weighted by atomic mass is 10.5. The summed E-state index contributed by atoms with van der Waals surface area (Å²) >= 11 is 6.29. The Morgan fingerprint density at radius 2 is 1.56 bits per heavy atom. The van der Waals surface area contributed by atoms with E-state index in [4.69, 9.17) is 15.5 Å². The van der Waals surface area contributed by atoms with Crippen molar-refractivity contribution in [2.24, 2.45) is 0 Å². The molecule has 0 N–H and O–H groups in total. The Labute approximate surface area is 123 Å². The zero-order valence-corrected chi connectivity index (χ0v) is 17.3. The van der Waals surface area contributed by atoms with E-state index >= 15 is 0 Å². The summed E-state index contributed by atoms with van der Waals surface area (Å²) < 4.78 is 8.48. The lowest BCUT2D eigenvalue weighted by Crippen LogP contribution is -2.59. The third kappa shape index (κ3) is 8.12. The molecule has 18 heavy (non-hydrogen) atoms. The first-order valence-corrected chi connectivity index (χ1v) is 17.0. The minimum Gasteiger partial charge on any atom is -0.405 e. The zero-order valence-electron chi connectivity index (χ0n) is 13.3. The Morgan fingerprint density at radius 3 is 1.94 bits per heavy atom. The fourth-order valence-electron chi connectivity index (χ4n) is 2.42. The zero-order chi connectivity index (χ0) is 14.4. The summed E-state index contributed by atoms with van der Waals surface area (Å²) in [4.78, 5) is 0. The molecule has 0 aromatic carbocycles. The van der Waals surface area contributed by atoms with Crippen molar-refractivity contribution >= 4 is 35.9 Å². The molecule has 2 nitrogen and oxygen atoms in total. The largest absolute Gasteiger partial charge is 0.405 e. The predicted molar refractivity (Wildman–Crippen MR) is 92.1 cm³/mol. The topological polar surface area (TPSA) is 12.5 Å². The summed E-state index contributed by atoms with van der Waals surface area (Å²) in [5.74, 6) is 0. The van der Waals surface area contributed by atoms with E-state index in [-0.39, 0.29) is 0 Å². The molecular weight excluding hydrogens is 294 g/mol. The molecular formula is C12H32ClNOSi3. The molecule has 0 aliphatic rings. The first-order valence-electron chi connectivity index (χ1n) is 7.12. The first-order chi connectivity index (χ1) is 8.09. The highest BCUT2D eigenvalue weighted by Gasteiger charge is 2.33. The minimum absolute atomic E-state index is 0.839. The van der Waals surface area contributed by atoms with Crippen LogP contribution in [-0.4, -0.2) is 42.2 Å². The van der Waals surface area contributed by atoms with Crippen LogP contribution in [0.3, 0.4) is 0 Å². The molecule has 0 aromatic rings. The molecule has 0 bridgehead atoms. The van der Waals surface area contributed by atoms with Gasteiger partial charge in [-0.1, -0.05) is 46.2 Å². The second-order valence-corrected chi connectivity index (χ2v) is 20.3. The van der Waals surface area contributed by atoms with E-state index in [0.717, 1.165) is 19.1 Å². The molecule has 0 amide bonds. The van der Waals surface area contributed by atoms with E-state index in [9.17, 15) is 0 Å². The van der Waals surface area contributed by atoms with E-state index in [2.05, 4.69) is 50.4 Å². The number of rotatable bonds is 9. The van der Waals surface area contributed by atoms with Crippen LogP contribution >= 0.6 is 11.1 Å². The Balaban J connectivity index is 4.14. The molecule has 0 saturated carbocycles. The van der Waals surface area contributed by atoms with E-state index in [0.29, 0.717) is 0 Å². The quantitative estimate of drug-likeness (QED) is 0.464. The second-order valence-electron chi connectivity index (χ2n) is 6.92. The lowest BCUT2D eigenvalue weighted by Gasteiger charge is -2.43. The Bertz CT molecular complexity index is 214. The summed E-state index contributed by atoms with van der Waals surface area (Å²) in [7, 11) is -3.80. The summed E-state index contributed by atoms with van der Waals surface area (Å²) in [6, 6.07) is 1.10. The molecule has 0 fully saturated rings. The van der Waals surface area contributed by atoms with Gasteiger partial charge in [-0.3, -0.25) is 0 Å². The van der Waals surface area contributed by atoms with Crippen molar-refractivity contribution in [1.29, 1.82) is 0 Å². The molecule has 6 heteroatoms. The van der Waals surface area contributed by atoms with Gasteiger partial charge in [0, 0.05) is 6.61 Å². The normalized spacial score (nSPS) is 15.2. The molecule has 1 unspecified atom stereocenters. The number of hydrogen-bond acceptors (Lipinski definition) is 2. The van der Waals surface area contributed by atoms with Gasteiger partial charge in [0.2, 0.25) is 0 Å². The van der Waals surface area contributed by atoms with Crippen molar-refractivity contribution in [3.63, 3.8) is 0 Å². The van der Waals surface area contributed by atoms with Crippen LogP contribution in [0.25, 0.3) is 0 Å². The summed E-state index contributed by atoms with van der Waals surface area (Å²) in [5, 5.41) is 0. The highest BCUT2D eigenvalue weighted by atomic mass is 35.6. The van der Waals surface area contributed by atoms with Crippen LogP contribution < -0.4 is 0 Å². The van der Waals surface area contributed by atoms with Gasteiger partial charge in [0.25, 0.3) is 8.35 Å². The van der Waals surface area contributed by atoms with E-state index in [1.54, 1.807) is 0 Å². The molecule has 0 radical (unpaired) electrons. The van der Waals surface area contributed by atoms with Crippen LogP contribution in [0.5, 0.6) is 0 Å². The number of hydrogen-bond donors (Lipinski definition) is 0. The Kier molecular flexibility index (Phi) is 8.61. The Hall–Kier alpha value is 0.861. The van der Waals surface area contributed by atoms with Gasteiger partial charge >= 0.3 is 0 Å². The van der Waals surface area contributed by atoms with Crippen molar-refractivity contribution < 1.29 is 4.43 Å². The van der Waals surface area contributed by atoms with Gasteiger partial charge in [0.1, 0.15) is 16.5 Å². The van der Waals surface area contributed by atoms with Gasteiger partial charge in [-0.2, -0.15) is 0 Å². The van der Waals surface area contributed by atoms with Crippen molar-refractivity contribution in [1.82, 2.24) is 4.23 Å². The van der Waals surface area contributed by atoms with Crippen LogP contribution in [0.2, 0.25) is 45.3 Å². The third-order valence-electron chi connectivity index (χ3n) is 2.94. The number of halogens is 1. The molecule has 0 aromatic heterocycles. The van der Waals surface area contributed by atoms with E-state index in [1.165, 1.54) is 13.0 Å². The number of nitrogens with zero attached hydrogens (tertiary/aromatic N) is 1. The van der Waals surface area contributed by atoms with Gasteiger partial charge < -0.3 is 8.66 Å². The summed E-state index contributed by atoms with van der Waals surface area (Å²) in [6.45, 7) is 18.9. The van der Waals surface area contributed by atoms with Gasteiger partial charge in [0.05, 0.1) is 0 Å². The molecule has 0 saturated heterocycles. The molecule has 0 spiro atoms. The molecule has 110 valence electrons. The molecule has 0 aliphatic carbocycles. The van der Waals surface area contributed by atoms with Crippen LogP contribution in [0.4, 0.5) is 0 Å². The average molecular weight is 326 g/mol. The molecule has 0 rings (SSSR count). The third-order valence-corrected chi connectivity index (χ3v) is 13.1. The first kappa shape index (κ1) is 18.9. The van der Waals surface area contributed by atoms with Crippen molar-refractivity contribution in [2.75, 3.05) is 13.2 Å². The maximum absolute atomic E-state index is 6.29. The van der Waals surface area contributed by atoms with Gasteiger partial charge in [-0.15, -0.1) is 11.1 Å². The SMILES string of the molecule is CCCO[SiH](Cl)CCCN([Si](C)(C)C)[Si](C)(C)C. The predicted octanol–water partition coefficient (Wildman–Crippen LogP) is 4.23. The second kappa shape index (κ2) is 8.22. The van der Waals surface area contributed by atoms with Crippen molar-refractivity contribution in [2.45, 2.75) is 65.1 Å². The molecule has 0 aliphatic heterocycles. The monoisotopic (exact) mass is 325 g/mol. The summed E-state index contributed by atoms with van der Waals surface area (Å²) in [6.07, 6.45) is 2.28. The van der Waals surface area contributed by atoms with Gasteiger partial charge in [-0.25, -0.2) is 0 Å². The van der Waals surface area contributed by atoms with Gasteiger partial charge in [-0.05, 0) is 25.4 Å². The van der Waals surface area contributed by atoms with Crippen molar-refractivity contribution in [3.8, 4) is 0 Å². The van der Waals surface area contributed by atoms with Crippen LogP contribution in [0.15, 0.2) is 0 Å². The maximum atomic E-state index is 6.29. The van der Waals surface area contributed by atoms with Gasteiger partial charge in [0.15, 0.2) is 0 Å². The average Bonchev–Trinajstić information content (AvgIpc) is 2.17. The summed E-state index contributed by atoms with van der Waals surface area (Å²) in [5.41, 5.74) is 0. The maximum Gasteiger partial charge on any atom is 0.274 e. The standard InChI is InChI=1S/C12H32ClNOSi3/c1-8-11-15-16(13)12-9-10-14(17(2,3)4)18(5,6)7/h16H,8-12H2,1-7H3.